The summed E-state index contributed by atoms with van der Waals surface area (Å²) in [4.78, 5) is 6.62. The van der Waals surface area contributed by atoms with Crippen LogP contribution in [0.4, 0.5) is 8.78 Å². The molecule has 128 valence electrons. The monoisotopic (exact) mass is 331 g/mol. The summed E-state index contributed by atoms with van der Waals surface area (Å²) in [5.41, 5.74) is 1.36. The van der Waals surface area contributed by atoms with E-state index in [2.05, 4.69) is 15.2 Å². The van der Waals surface area contributed by atoms with E-state index in [4.69, 9.17) is 0 Å². The SMILES string of the molecule is Fc1ccc(F)c(CN(Cc2ccccn2)[C@@H]2CCCNCC2)c1. The first-order valence-electron chi connectivity index (χ1n) is 8.51. The van der Waals surface area contributed by atoms with Gasteiger partial charge >= 0.3 is 0 Å². The molecule has 24 heavy (non-hydrogen) atoms. The third kappa shape index (κ3) is 4.58. The van der Waals surface area contributed by atoms with Crippen LogP contribution in [0.1, 0.15) is 30.5 Å². The Hall–Kier alpha value is -1.85. The molecule has 5 heteroatoms. The summed E-state index contributed by atoms with van der Waals surface area (Å²) < 4.78 is 27.6. The predicted octanol–water partition coefficient (Wildman–Crippen LogP) is 3.50. The molecular formula is C19H23F2N3. The molecular weight excluding hydrogens is 308 g/mol. The van der Waals surface area contributed by atoms with Crippen LogP contribution in [0.3, 0.4) is 0 Å². The Labute approximate surface area is 141 Å². The zero-order chi connectivity index (χ0) is 16.8. The van der Waals surface area contributed by atoms with Crippen LogP contribution in [0.2, 0.25) is 0 Å². The number of hydrogen-bond acceptors (Lipinski definition) is 3. The smallest absolute Gasteiger partial charge is 0.127 e. The predicted molar refractivity (Wildman–Crippen MR) is 90.4 cm³/mol. The van der Waals surface area contributed by atoms with Gasteiger partial charge in [-0.25, -0.2) is 8.78 Å². The quantitative estimate of drug-likeness (QED) is 0.909. The molecule has 1 fully saturated rings. The zero-order valence-corrected chi connectivity index (χ0v) is 13.7. The second kappa shape index (κ2) is 8.31. The van der Waals surface area contributed by atoms with Crippen LogP contribution in [0.5, 0.6) is 0 Å². The first kappa shape index (κ1) is 17.0. The highest BCUT2D eigenvalue weighted by molar-refractivity contribution is 5.19. The van der Waals surface area contributed by atoms with Crippen molar-refractivity contribution in [1.29, 1.82) is 0 Å². The molecule has 1 aromatic heterocycles. The molecule has 3 rings (SSSR count). The summed E-state index contributed by atoms with van der Waals surface area (Å²) in [5, 5.41) is 3.40. The number of rotatable bonds is 5. The van der Waals surface area contributed by atoms with Gasteiger partial charge in [0, 0.05) is 30.9 Å². The minimum absolute atomic E-state index is 0.338. The van der Waals surface area contributed by atoms with Crippen molar-refractivity contribution in [3.8, 4) is 0 Å². The molecule has 0 spiro atoms. The summed E-state index contributed by atoms with van der Waals surface area (Å²) >= 11 is 0. The van der Waals surface area contributed by atoms with Gasteiger partial charge in [0.25, 0.3) is 0 Å². The molecule has 1 saturated heterocycles. The van der Waals surface area contributed by atoms with Gasteiger partial charge in [0.15, 0.2) is 0 Å². The Morgan fingerprint density at radius 3 is 2.83 bits per heavy atom. The lowest BCUT2D eigenvalue weighted by Gasteiger charge is -2.31. The molecule has 0 amide bonds. The molecule has 1 atom stereocenters. The normalized spacial score (nSPS) is 18.5. The van der Waals surface area contributed by atoms with Gasteiger partial charge in [0.1, 0.15) is 11.6 Å². The highest BCUT2D eigenvalue weighted by atomic mass is 19.1. The maximum atomic E-state index is 14.1. The molecule has 0 unspecified atom stereocenters. The van der Waals surface area contributed by atoms with E-state index in [1.165, 1.54) is 12.1 Å². The van der Waals surface area contributed by atoms with E-state index in [0.717, 1.165) is 44.1 Å². The first-order valence-corrected chi connectivity index (χ1v) is 8.51. The minimum atomic E-state index is -0.397. The van der Waals surface area contributed by atoms with E-state index in [0.29, 0.717) is 24.7 Å². The van der Waals surface area contributed by atoms with Crippen LogP contribution >= 0.6 is 0 Å². The molecule has 0 radical (unpaired) electrons. The van der Waals surface area contributed by atoms with Crippen molar-refractivity contribution in [1.82, 2.24) is 15.2 Å². The van der Waals surface area contributed by atoms with Crippen molar-refractivity contribution in [3.05, 3.63) is 65.5 Å². The molecule has 0 aliphatic carbocycles. The summed E-state index contributed by atoms with van der Waals surface area (Å²) in [6.07, 6.45) is 4.92. The molecule has 1 aliphatic rings. The number of nitrogens with zero attached hydrogens (tertiary/aromatic N) is 2. The summed E-state index contributed by atoms with van der Waals surface area (Å²) in [6.45, 7) is 3.00. The van der Waals surface area contributed by atoms with Gasteiger partial charge in [0.2, 0.25) is 0 Å². The van der Waals surface area contributed by atoms with Crippen molar-refractivity contribution in [2.24, 2.45) is 0 Å². The van der Waals surface area contributed by atoms with E-state index in [1.54, 1.807) is 6.20 Å². The lowest BCUT2D eigenvalue weighted by Crippen LogP contribution is -2.35. The Balaban J connectivity index is 1.81. The Kier molecular flexibility index (Phi) is 5.88. The highest BCUT2D eigenvalue weighted by Crippen LogP contribution is 2.21. The average Bonchev–Trinajstić information content (AvgIpc) is 2.88. The van der Waals surface area contributed by atoms with Crippen LogP contribution in [-0.2, 0) is 13.1 Å². The van der Waals surface area contributed by atoms with Gasteiger partial charge in [-0.2, -0.15) is 0 Å². The van der Waals surface area contributed by atoms with Crippen molar-refractivity contribution in [2.75, 3.05) is 13.1 Å². The topological polar surface area (TPSA) is 28.2 Å². The number of pyridine rings is 1. The van der Waals surface area contributed by atoms with E-state index in [9.17, 15) is 8.78 Å². The minimum Gasteiger partial charge on any atom is -0.317 e. The molecule has 0 bridgehead atoms. The van der Waals surface area contributed by atoms with Gasteiger partial charge in [-0.15, -0.1) is 0 Å². The second-order valence-electron chi connectivity index (χ2n) is 6.30. The van der Waals surface area contributed by atoms with Crippen molar-refractivity contribution in [3.63, 3.8) is 0 Å². The van der Waals surface area contributed by atoms with Crippen LogP contribution in [0, 0.1) is 11.6 Å². The molecule has 2 aromatic rings. The van der Waals surface area contributed by atoms with Crippen LogP contribution in [0.25, 0.3) is 0 Å². The third-order valence-electron chi connectivity index (χ3n) is 4.53. The van der Waals surface area contributed by atoms with Gasteiger partial charge in [-0.3, -0.25) is 9.88 Å². The maximum Gasteiger partial charge on any atom is 0.127 e. The Bertz CT molecular complexity index is 640. The molecule has 1 aliphatic heterocycles. The standard InChI is InChI=1S/C19H23F2N3/c20-16-6-7-19(21)15(12-16)13-24(14-17-4-1-2-10-23-17)18-5-3-9-22-11-8-18/h1-2,4,6-7,10,12,18,22H,3,5,8-9,11,13-14H2/t18-/m1/s1. The lowest BCUT2D eigenvalue weighted by atomic mass is 10.1. The van der Waals surface area contributed by atoms with Crippen molar-refractivity contribution >= 4 is 0 Å². The van der Waals surface area contributed by atoms with Gasteiger partial charge in [-0.05, 0) is 62.7 Å². The largest absolute Gasteiger partial charge is 0.317 e. The van der Waals surface area contributed by atoms with Crippen molar-refractivity contribution in [2.45, 2.75) is 38.4 Å². The highest BCUT2D eigenvalue weighted by Gasteiger charge is 2.22. The molecule has 1 aromatic carbocycles. The Morgan fingerprint density at radius 2 is 2.00 bits per heavy atom. The number of aromatic nitrogens is 1. The fraction of sp³-hybridized carbons (Fsp3) is 0.421. The van der Waals surface area contributed by atoms with E-state index >= 15 is 0 Å². The van der Waals surface area contributed by atoms with Gasteiger partial charge in [0.05, 0.1) is 5.69 Å². The molecule has 1 N–H and O–H groups in total. The molecule has 3 nitrogen and oxygen atoms in total. The fourth-order valence-corrected chi connectivity index (χ4v) is 3.26. The number of nitrogens with one attached hydrogen (secondary N) is 1. The number of hydrogen-bond donors (Lipinski definition) is 1. The fourth-order valence-electron chi connectivity index (χ4n) is 3.26. The Morgan fingerprint density at radius 1 is 1.08 bits per heavy atom. The third-order valence-corrected chi connectivity index (χ3v) is 4.53. The van der Waals surface area contributed by atoms with Crippen LogP contribution < -0.4 is 5.32 Å². The van der Waals surface area contributed by atoms with Crippen LogP contribution in [-0.4, -0.2) is 29.0 Å². The summed E-state index contributed by atoms with van der Waals surface area (Å²) in [6, 6.07) is 9.83. The molecule has 2 heterocycles. The second-order valence-corrected chi connectivity index (χ2v) is 6.30. The summed E-state index contributed by atoms with van der Waals surface area (Å²) in [7, 11) is 0. The van der Waals surface area contributed by atoms with E-state index < -0.39 is 5.82 Å². The number of benzene rings is 1. The first-order chi connectivity index (χ1) is 11.7. The van der Waals surface area contributed by atoms with Crippen LogP contribution in [0.15, 0.2) is 42.6 Å². The van der Waals surface area contributed by atoms with Crippen molar-refractivity contribution < 1.29 is 8.78 Å². The lowest BCUT2D eigenvalue weighted by molar-refractivity contribution is 0.160. The average molecular weight is 331 g/mol. The van der Waals surface area contributed by atoms with Gasteiger partial charge < -0.3 is 5.32 Å². The van der Waals surface area contributed by atoms with E-state index in [1.807, 2.05) is 18.2 Å². The zero-order valence-electron chi connectivity index (χ0n) is 13.7. The molecule has 0 saturated carbocycles. The van der Waals surface area contributed by atoms with Gasteiger partial charge in [-0.1, -0.05) is 6.07 Å². The summed E-state index contributed by atoms with van der Waals surface area (Å²) in [5.74, 6) is -0.749. The number of halogens is 2. The van der Waals surface area contributed by atoms with E-state index in [-0.39, 0.29) is 5.82 Å². The maximum absolute atomic E-state index is 14.1.